The van der Waals surface area contributed by atoms with Gasteiger partial charge in [-0.2, -0.15) is 0 Å². The van der Waals surface area contributed by atoms with E-state index >= 15 is 0 Å². The molecule has 0 aromatic heterocycles. The van der Waals surface area contributed by atoms with Crippen molar-refractivity contribution >= 4 is 21.9 Å². The zero-order valence-corrected chi connectivity index (χ0v) is 11.2. The Morgan fingerprint density at radius 1 is 1.33 bits per heavy atom. The van der Waals surface area contributed by atoms with Gasteiger partial charge in [0.1, 0.15) is 0 Å². The Kier molecular flexibility index (Phi) is 3.71. The number of carboxylic acid groups (broad SMARTS) is 1. The number of benzene rings is 1. The van der Waals surface area contributed by atoms with Crippen LogP contribution in [-0.4, -0.2) is 11.1 Å². The molecule has 1 aromatic rings. The average molecular weight is 319 g/mol. The normalized spacial score (nSPS) is 18.2. The SMILES string of the molecule is O=C(O)C1(c2cc(Br)ccc2C(F)F)CCCC1. The zero-order chi connectivity index (χ0) is 13.3. The minimum Gasteiger partial charge on any atom is -0.481 e. The summed E-state index contributed by atoms with van der Waals surface area (Å²) in [6.07, 6.45) is -0.259. The third-order valence-electron chi connectivity index (χ3n) is 3.63. The van der Waals surface area contributed by atoms with Crippen molar-refractivity contribution in [2.24, 2.45) is 0 Å². The highest BCUT2D eigenvalue weighted by Gasteiger charge is 2.45. The predicted molar refractivity (Wildman–Crippen MR) is 66.9 cm³/mol. The summed E-state index contributed by atoms with van der Waals surface area (Å²) in [5.74, 6) is -1.00. The van der Waals surface area contributed by atoms with Crippen molar-refractivity contribution in [2.45, 2.75) is 37.5 Å². The first kappa shape index (κ1) is 13.5. The molecule has 0 radical (unpaired) electrons. The molecule has 2 rings (SSSR count). The van der Waals surface area contributed by atoms with Crippen LogP contribution < -0.4 is 0 Å². The highest BCUT2D eigenvalue weighted by molar-refractivity contribution is 9.10. The smallest absolute Gasteiger partial charge is 0.314 e. The Bertz CT molecular complexity index is 468. The monoisotopic (exact) mass is 318 g/mol. The van der Waals surface area contributed by atoms with Crippen molar-refractivity contribution in [2.75, 3.05) is 0 Å². The Labute approximate surface area is 112 Å². The van der Waals surface area contributed by atoms with Crippen molar-refractivity contribution < 1.29 is 18.7 Å². The van der Waals surface area contributed by atoms with Crippen molar-refractivity contribution in [3.8, 4) is 0 Å². The highest BCUT2D eigenvalue weighted by atomic mass is 79.9. The molecule has 0 heterocycles. The molecule has 0 bridgehead atoms. The van der Waals surface area contributed by atoms with E-state index in [1.54, 1.807) is 0 Å². The molecule has 0 unspecified atom stereocenters. The van der Waals surface area contributed by atoms with Crippen molar-refractivity contribution in [1.29, 1.82) is 0 Å². The fourth-order valence-corrected chi connectivity index (χ4v) is 3.07. The van der Waals surface area contributed by atoms with Crippen LogP contribution in [-0.2, 0) is 10.2 Å². The number of halogens is 3. The van der Waals surface area contributed by atoms with Gasteiger partial charge in [-0.1, -0.05) is 34.8 Å². The van der Waals surface area contributed by atoms with Crippen LogP contribution in [0.3, 0.4) is 0 Å². The molecule has 5 heteroatoms. The lowest BCUT2D eigenvalue weighted by Crippen LogP contribution is -2.33. The molecule has 1 aromatic carbocycles. The van der Waals surface area contributed by atoms with E-state index in [-0.39, 0.29) is 11.1 Å². The lowest BCUT2D eigenvalue weighted by atomic mass is 9.77. The topological polar surface area (TPSA) is 37.3 Å². The summed E-state index contributed by atoms with van der Waals surface area (Å²) in [5.41, 5.74) is -1.05. The maximum atomic E-state index is 13.0. The zero-order valence-electron chi connectivity index (χ0n) is 9.63. The van der Waals surface area contributed by atoms with Crippen LogP contribution in [0.25, 0.3) is 0 Å². The molecule has 1 aliphatic carbocycles. The molecule has 2 nitrogen and oxygen atoms in total. The van der Waals surface area contributed by atoms with Gasteiger partial charge < -0.3 is 5.11 Å². The molecule has 0 atom stereocenters. The van der Waals surface area contributed by atoms with Crippen LogP contribution in [0.4, 0.5) is 8.78 Å². The first-order valence-electron chi connectivity index (χ1n) is 5.79. The van der Waals surface area contributed by atoms with E-state index in [1.165, 1.54) is 18.2 Å². The van der Waals surface area contributed by atoms with Crippen LogP contribution in [0.5, 0.6) is 0 Å². The van der Waals surface area contributed by atoms with Crippen molar-refractivity contribution in [1.82, 2.24) is 0 Å². The Balaban J connectivity index is 2.60. The van der Waals surface area contributed by atoms with Gasteiger partial charge >= 0.3 is 5.97 Å². The number of carbonyl (C=O) groups is 1. The van der Waals surface area contributed by atoms with Gasteiger partial charge in [0.2, 0.25) is 0 Å². The summed E-state index contributed by atoms with van der Waals surface area (Å²) in [5, 5.41) is 9.45. The molecule has 98 valence electrons. The standard InChI is InChI=1S/C13H13BrF2O2/c14-8-3-4-9(11(15)16)10(7-8)13(12(17)18)5-1-2-6-13/h3-4,7,11H,1-2,5-6H2,(H,17,18). The molecule has 0 aliphatic heterocycles. The van der Waals surface area contributed by atoms with Gasteiger partial charge in [0, 0.05) is 10.0 Å². The van der Waals surface area contributed by atoms with Gasteiger partial charge in [0.05, 0.1) is 5.41 Å². The lowest BCUT2D eigenvalue weighted by Gasteiger charge is -2.27. The van der Waals surface area contributed by atoms with Crippen LogP contribution in [0.2, 0.25) is 0 Å². The Morgan fingerprint density at radius 2 is 1.94 bits per heavy atom. The van der Waals surface area contributed by atoms with E-state index in [1.807, 2.05) is 0 Å². The third-order valence-corrected chi connectivity index (χ3v) is 4.13. The van der Waals surface area contributed by atoms with Gasteiger partial charge in [0.25, 0.3) is 6.43 Å². The summed E-state index contributed by atoms with van der Waals surface area (Å²) in [4.78, 5) is 11.5. The van der Waals surface area contributed by atoms with E-state index < -0.39 is 17.8 Å². The van der Waals surface area contributed by atoms with Crippen LogP contribution >= 0.6 is 15.9 Å². The summed E-state index contributed by atoms with van der Waals surface area (Å²) in [6, 6.07) is 4.36. The third kappa shape index (κ3) is 2.16. The minimum absolute atomic E-state index is 0.164. The van der Waals surface area contributed by atoms with Gasteiger partial charge in [-0.15, -0.1) is 0 Å². The summed E-state index contributed by atoms with van der Waals surface area (Å²) in [7, 11) is 0. The average Bonchev–Trinajstić information content (AvgIpc) is 2.78. The van der Waals surface area contributed by atoms with E-state index in [9.17, 15) is 18.7 Å². The fourth-order valence-electron chi connectivity index (χ4n) is 2.71. The second-order valence-corrected chi connectivity index (χ2v) is 5.54. The number of alkyl halides is 2. The maximum Gasteiger partial charge on any atom is 0.314 e. The highest BCUT2D eigenvalue weighted by Crippen LogP contribution is 2.45. The van der Waals surface area contributed by atoms with Crippen molar-refractivity contribution in [3.05, 3.63) is 33.8 Å². The first-order chi connectivity index (χ1) is 8.47. The Morgan fingerprint density at radius 3 is 2.44 bits per heavy atom. The number of aliphatic carboxylic acids is 1. The van der Waals surface area contributed by atoms with E-state index in [4.69, 9.17) is 0 Å². The minimum atomic E-state index is -2.65. The van der Waals surface area contributed by atoms with Gasteiger partial charge in [-0.3, -0.25) is 4.79 Å². The summed E-state index contributed by atoms with van der Waals surface area (Å²) >= 11 is 3.23. The maximum absolute atomic E-state index is 13.0. The largest absolute Gasteiger partial charge is 0.481 e. The van der Waals surface area contributed by atoms with Gasteiger partial charge in [-0.05, 0) is 30.5 Å². The molecule has 0 saturated heterocycles. The predicted octanol–water partition coefficient (Wildman–Crippen LogP) is 4.28. The number of hydrogen-bond donors (Lipinski definition) is 1. The second kappa shape index (κ2) is 4.96. The van der Waals surface area contributed by atoms with Crippen LogP contribution in [0.1, 0.15) is 43.2 Å². The number of hydrogen-bond acceptors (Lipinski definition) is 1. The van der Waals surface area contributed by atoms with Gasteiger partial charge in [-0.25, -0.2) is 8.78 Å². The van der Waals surface area contributed by atoms with Crippen LogP contribution in [0.15, 0.2) is 22.7 Å². The lowest BCUT2D eigenvalue weighted by molar-refractivity contribution is -0.143. The van der Waals surface area contributed by atoms with Crippen LogP contribution in [0, 0.1) is 0 Å². The molecule has 0 amide bonds. The molecule has 1 fully saturated rings. The summed E-state index contributed by atoms with van der Waals surface area (Å²) in [6.45, 7) is 0. The van der Waals surface area contributed by atoms with Gasteiger partial charge in [0.15, 0.2) is 0 Å². The van der Waals surface area contributed by atoms with E-state index in [0.29, 0.717) is 17.3 Å². The molecule has 1 saturated carbocycles. The number of carboxylic acids is 1. The molecule has 1 N–H and O–H groups in total. The molecular formula is C13H13BrF2O2. The number of rotatable bonds is 3. The molecule has 18 heavy (non-hydrogen) atoms. The second-order valence-electron chi connectivity index (χ2n) is 4.63. The molecule has 1 aliphatic rings. The van der Waals surface area contributed by atoms with Crippen molar-refractivity contribution in [3.63, 3.8) is 0 Å². The molecule has 0 spiro atoms. The van der Waals surface area contributed by atoms with E-state index in [2.05, 4.69) is 15.9 Å². The first-order valence-corrected chi connectivity index (χ1v) is 6.58. The summed E-state index contributed by atoms with van der Waals surface area (Å²) < 4.78 is 26.7. The molecular weight excluding hydrogens is 306 g/mol. The Hall–Kier alpha value is -0.970. The van der Waals surface area contributed by atoms with E-state index in [0.717, 1.165) is 12.8 Å². The quantitative estimate of drug-likeness (QED) is 0.903. The fraction of sp³-hybridized carbons (Fsp3) is 0.462.